The van der Waals surface area contributed by atoms with E-state index < -0.39 is 0 Å². The first-order valence-electron chi connectivity index (χ1n) is 7.90. The van der Waals surface area contributed by atoms with Gasteiger partial charge in [0.25, 0.3) is 5.56 Å². The molecule has 0 atom stereocenters. The van der Waals surface area contributed by atoms with Crippen LogP contribution in [-0.2, 0) is 13.6 Å². The van der Waals surface area contributed by atoms with Gasteiger partial charge in [0, 0.05) is 50.2 Å². The Bertz CT molecular complexity index is 721. The summed E-state index contributed by atoms with van der Waals surface area (Å²) in [7, 11) is 1.77. The average Bonchev–Trinajstić information content (AvgIpc) is 2.54. The summed E-state index contributed by atoms with van der Waals surface area (Å²) in [6.45, 7) is 4.64. The molecule has 0 spiro atoms. The Morgan fingerprint density at radius 1 is 1.26 bits per heavy atom. The van der Waals surface area contributed by atoms with E-state index in [1.165, 1.54) is 6.07 Å². The summed E-state index contributed by atoms with van der Waals surface area (Å²) >= 11 is 0. The minimum absolute atomic E-state index is 0.00863. The fourth-order valence-electron chi connectivity index (χ4n) is 2.84. The van der Waals surface area contributed by atoms with Crippen molar-refractivity contribution in [3.05, 3.63) is 46.5 Å². The highest BCUT2D eigenvalue weighted by Gasteiger charge is 2.20. The maximum Gasteiger partial charge on any atom is 0.253 e. The fourth-order valence-corrected chi connectivity index (χ4v) is 2.84. The van der Waals surface area contributed by atoms with Crippen molar-refractivity contribution < 1.29 is 0 Å². The van der Waals surface area contributed by atoms with E-state index >= 15 is 0 Å². The number of aryl methyl sites for hydroxylation is 1. The molecule has 0 radical (unpaired) electrons. The average molecular weight is 314 g/mol. The van der Waals surface area contributed by atoms with Gasteiger partial charge < -0.3 is 5.32 Å². The lowest BCUT2D eigenvalue weighted by molar-refractivity contribution is 0.203. The highest BCUT2D eigenvalue weighted by molar-refractivity contribution is 5.35. The van der Waals surface area contributed by atoms with Crippen LogP contribution in [0.2, 0.25) is 0 Å². The number of likely N-dealkylation sites (tertiary alicyclic amines) is 1. The highest BCUT2D eigenvalue weighted by atomic mass is 16.1. The fraction of sp³-hybridized carbons (Fsp3) is 0.500. The molecule has 122 valence electrons. The minimum atomic E-state index is -0.00863. The number of hydrogen-bond acceptors (Lipinski definition) is 6. The second kappa shape index (κ2) is 6.87. The predicted molar refractivity (Wildman–Crippen MR) is 88.2 cm³/mol. The molecule has 1 aliphatic heterocycles. The molecule has 1 N–H and O–H groups in total. The molecule has 0 amide bonds. The molecule has 0 saturated carbocycles. The van der Waals surface area contributed by atoms with Gasteiger partial charge in [-0.2, -0.15) is 0 Å². The zero-order chi connectivity index (χ0) is 16.2. The van der Waals surface area contributed by atoms with E-state index in [1.54, 1.807) is 24.1 Å². The van der Waals surface area contributed by atoms with Gasteiger partial charge in [-0.3, -0.25) is 14.3 Å². The molecule has 1 aliphatic rings. The Morgan fingerprint density at radius 2 is 2.04 bits per heavy atom. The quantitative estimate of drug-likeness (QED) is 0.906. The van der Waals surface area contributed by atoms with Crippen molar-refractivity contribution in [3.8, 4) is 0 Å². The molecule has 2 aromatic rings. The molecule has 7 heteroatoms. The van der Waals surface area contributed by atoms with Gasteiger partial charge in [-0.15, -0.1) is 0 Å². The molecular weight excluding hydrogens is 292 g/mol. The third kappa shape index (κ3) is 3.92. The van der Waals surface area contributed by atoms with E-state index in [2.05, 4.69) is 25.2 Å². The molecule has 3 heterocycles. The molecule has 1 saturated heterocycles. The molecule has 0 aliphatic carbocycles. The lowest BCUT2D eigenvalue weighted by Crippen LogP contribution is -2.40. The van der Waals surface area contributed by atoms with Crippen LogP contribution in [-0.4, -0.2) is 43.6 Å². The van der Waals surface area contributed by atoms with Crippen molar-refractivity contribution in [2.75, 3.05) is 18.4 Å². The van der Waals surface area contributed by atoms with E-state index in [1.807, 2.05) is 13.0 Å². The van der Waals surface area contributed by atoms with Crippen LogP contribution in [0.4, 0.5) is 5.82 Å². The van der Waals surface area contributed by atoms with Crippen molar-refractivity contribution >= 4 is 5.82 Å². The lowest BCUT2D eigenvalue weighted by Gasteiger charge is -2.32. The van der Waals surface area contributed by atoms with E-state index in [4.69, 9.17) is 0 Å². The standard InChI is InChI=1S/C16H22N6O/c1-12-9-14(19-11-18-12)20-13-4-7-22(8-5-13)10-15-17-6-3-16(23)21(15)2/h3,6,9,11,13H,4-5,7-8,10H2,1-2H3,(H,18,19,20). The lowest BCUT2D eigenvalue weighted by atomic mass is 10.1. The first-order chi connectivity index (χ1) is 11.1. The van der Waals surface area contributed by atoms with Gasteiger partial charge in [-0.1, -0.05) is 0 Å². The second-order valence-corrected chi connectivity index (χ2v) is 6.00. The normalized spacial score (nSPS) is 16.4. The number of aromatic nitrogens is 4. The van der Waals surface area contributed by atoms with Crippen LogP contribution in [0, 0.1) is 6.92 Å². The Labute approximate surface area is 135 Å². The summed E-state index contributed by atoms with van der Waals surface area (Å²) in [6, 6.07) is 3.88. The SMILES string of the molecule is Cc1cc(NC2CCN(Cc3nccc(=O)n3C)CC2)ncn1. The van der Waals surface area contributed by atoms with Gasteiger partial charge in [0.2, 0.25) is 0 Å². The molecular formula is C16H22N6O. The van der Waals surface area contributed by atoms with Crippen molar-refractivity contribution in [1.29, 1.82) is 0 Å². The number of nitrogens with one attached hydrogen (secondary N) is 1. The first-order valence-corrected chi connectivity index (χ1v) is 7.90. The van der Waals surface area contributed by atoms with Crippen molar-refractivity contribution in [1.82, 2.24) is 24.4 Å². The van der Waals surface area contributed by atoms with Gasteiger partial charge in [-0.05, 0) is 19.8 Å². The zero-order valence-corrected chi connectivity index (χ0v) is 13.6. The Hall–Kier alpha value is -2.28. The van der Waals surface area contributed by atoms with Crippen LogP contribution in [0.1, 0.15) is 24.4 Å². The van der Waals surface area contributed by atoms with E-state index in [0.29, 0.717) is 12.6 Å². The van der Waals surface area contributed by atoms with Crippen LogP contribution in [0.25, 0.3) is 0 Å². The molecule has 0 unspecified atom stereocenters. The number of hydrogen-bond donors (Lipinski definition) is 1. The van der Waals surface area contributed by atoms with Crippen LogP contribution >= 0.6 is 0 Å². The smallest absolute Gasteiger partial charge is 0.253 e. The Balaban J connectivity index is 1.54. The Morgan fingerprint density at radius 3 is 2.78 bits per heavy atom. The summed E-state index contributed by atoms with van der Waals surface area (Å²) in [5.74, 6) is 1.71. The van der Waals surface area contributed by atoms with E-state index in [9.17, 15) is 4.79 Å². The topological polar surface area (TPSA) is 75.9 Å². The van der Waals surface area contributed by atoms with Crippen LogP contribution in [0.15, 0.2) is 29.5 Å². The summed E-state index contributed by atoms with van der Waals surface area (Å²) in [6.07, 6.45) is 5.27. The number of rotatable bonds is 4. The molecule has 1 fully saturated rings. The maximum absolute atomic E-state index is 11.6. The summed E-state index contributed by atoms with van der Waals surface area (Å²) in [5, 5.41) is 3.48. The Kier molecular flexibility index (Phi) is 4.66. The molecule has 0 bridgehead atoms. The summed E-state index contributed by atoms with van der Waals surface area (Å²) in [5.41, 5.74) is 0.960. The first kappa shape index (κ1) is 15.6. The molecule has 2 aromatic heterocycles. The van der Waals surface area contributed by atoms with E-state index in [0.717, 1.165) is 43.3 Å². The van der Waals surface area contributed by atoms with E-state index in [-0.39, 0.29) is 5.56 Å². The summed E-state index contributed by atoms with van der Waals surface area (Å²) < 4.78 is 1.62. The third-order valence-corrected chi connectivity index (χ3v) is 4.27. The second-order valence-electron chi connectivity index (χ2n) is 6.00. The third-order valence-electron chi connectivity index (χ3n) is 4.27. The van der Waals surface area contributed by atoms with Crippen molar-refractivity contribution in [3.63, 3.8) is 0 Å². The molecule has 7 nitrogen and oxygen atoms in total. The van der Waals surface area contributed by atoms with Gasteiger partial charge >= 0.3 is 0 Å². The molecule has 0 aromatic carbocycles. The van der Waals surface area contributed by atoms with Gasteiger partial charge in [0.1, 0.15) is 18.0 Å². The van der Waals surface area contributed by atoms with Gasteiger partial charge in [0.05, 0.1) is 6.54 Å². The largest absolute Gasteiger partial charge is 0.367 e. The maximum atomic E-state index is 11.6. The molecule has 3 rings (SSSR count). The van der Waals surface area contributed by atoms with Gasteiger partial charge in [0.15, 0.2) is 0 Å². The molecule has 23 heavy (non-hydrogen) atoms. The van der Waals surface area contributed by atoms with Crippen molar-refractivity contribution in [2.24, 2.45) is 7.05 Å². The zero-order valence-electron chi connectivity index (χ0n) is 13.6. The monoisotopic (exact) mass is 314 g/mol. The van der Waals surface area contributed by atoms with Gasteiger partial charge in [-0.25, -0.2) is 15.0 Å². The van der Waals surface area contributed by atoms with Crippen LogP contribution < -0.4 is 10.9 Å². The number of anilines is 1. The van der Waals surface area contributed by atoms with Crippen molar-refractivity contribution in [2.45, 2.75) is 32.4 Å². The summed E-state index contributed by atoms with van der Waals surface area (Å²) in [4.78, 5) is 26.7. The number of nitrogens with zero attached hydrogens (tertiary/aromatic N) is 5. The minimum Gasteiger partial charge on any atom is -0.367 e. The van der Waals surface area contributed by atoms with Crippen LogP contribution in [0.5, 0.6) is 0 Å². The van der Waals surface area contributed by atoms with Crippen LogP contribution in [0.3, 0.4) is 0 Å². The highest BCUT2D eigenvalue weighted by Crippen LogP contribution is 2.16. The number of piperidine rings is 1. The predicted octanol–water partition coefficient (Wildman–Crippen LogP) is 0.955.